The predicted octanol–water partition coefficient (Wildman–Crippen LogP) is 3.22. The van der Waals surface area contributed by atoms with Gasteiger partial charge in [-0.1, -0.05) is 24.3 Å². The summed E-state index contributed by atoms with van der Waals surface area (Å²) < 4.78 is 0. The highest BCUT2D eigenvalue weighted by Gasteiger charge is 2.18. The van der Waals surface area contributed by atoms with E-state index >= 15 is 0 Å². The first kappa shape index (κ1) is 13.2. The summed E-state index contributed by atoms with van der Waals surface area (Å²) in [5, 5.41) is 11.5. The molecule has 4 rings (SSSR count). The molecule has 0 aliphatic carbocycles. The fourth-order valence-electron chi connectivity index (χ4n) is 3.13. The van der Waals surface area contributed by atoms with Gasteiger partial charge < -0.3 is 4.90 Å². The van der Waals surface area contributed by atoms with E-state index in [1.807, 2.05) is 24.5 Å². The van der Waals surface area contributed by atoms with E-state index in [1.54, 1.807) is 0 Å². The summed E-state index contributed by atoms with van der Waals surface area (Å²) in [5.74, 6) is 1.03. The summed E-state index contributed by atoms with van der Waals surface area (Å²) >= 11 is 0. The first-order valence-corrected chi connectivity index (χ1v) is 7.80. The van der Waals surface area contributed by atoms with Crippen LogP contribution in [0.4, 0.5) is 5.82 Å². The molecule has 2 aromatic heterocycles. The average Bonchev–Trinajstić information content (AvgIpc) is 3.10. The van der Waals surface area contributed by atoms with E-state index in [9.17, 15) is 0 Å². The molecule has 1 fully saturated rings. The zero-order valence-corrected chi connectivity index (χ0v) is 12.4. The minimum atomic E-state index is 0.788. The molecule has 1 aliphatic heterocycles. The van der Waals surface area contributed by atoms with E-state index < -0.39 is 0 Å². The molecule has 22 heavy (non-hydrogen) atoms. The molecule has 3 heterocycles. The summed E-state index contributed by atoms with van der Waals surface area (Å²) in [5.41, 5.74) is 2.24. The molecule has 1 aromatic carbocycles. The van der Waals surface area contributed by atoms with Crippen LogP contribution in [0.25, 0.3) is 10.8 Å². The Balaban J connectivity index is 1.79. The second-order valence-corrected chi connectivity index (χ2v) is 5.74. The quantitative estimate of drug-likeness (QED) is 0.743. The molecule has 0 atom stereocenters. The van der Waals surface area contributed by atoms with E-state index in [2.05, 4.69) is 44.3 Å². The molecule has 1 aliphatic rings. The Morgan fingerprint density at radius 2 is 1.59 bits per heavy atom. The third-order valence-corrected chi connectivity index (χ3v) is 4.27. The number of nitrogens with zero attached hydrogens (tertiary/aromatic N) is 4. The van der Waals surface area contributed by atoms with Crippen molar-refractivity contribution in [2.24, 2.45) is 0 Å². The predicted molar refractivity (Wildman–Crippen MR) is 88.0 cm³/mol. The lowest BCUT2D eigenvalue weighted by Gasteiger charge is -2.18. The molecule has 3 aromatic rings. The summed E-state index contributed by atoms with van der Waals surface area (Å²) in [4.78, 5) is 6.43. The van der Waals surface area contributed by atoms with Crippen LogP contribution in [-0.2, 0) is 6.42 Å². The fraction of sp³-hybridized carbons (Fsp3) is 0.278. The maximum absolute atomic E-state index is 4.55. The van der Waals surface area contributed by atoms with Gasteiger partial charge >= 0.3 is 0 Å². The lowest BCUT2D eigenvalue weighted by Crippen LogP contribution is -2.20. The largest absolute Gasteiger partial charge is 0.355 e. The third kappa shape index (κ3) is 2.41. The van der Waals surface area contributed by atoms with Crippen LogP contribution in [0.15, 0.2) is 48.8 Å². The first-order chi connectivity index (χ1) is 10.9. The van der Waals surface area contributed by atoms with Crippen molar-refractivity contribution in [2.45, 2.75) is 19.3 Å². The number of pyridine rings is 1. The van der Waals surface area contributed by atoms with Crippen molar-refractivity contribution in [1.29, 1.82) is 0 Å². The number of hydrogen-bond acceptors (Lipinski definition) is 4. The summed E-state index contributed by atoms with van der Waals surface area (Å²) in [6.45, 7) is 2.17. The van der Waals surface area contributed by atoms with Crippen LogP contribution in [-0.4, -0.2) is 28.3 Å². The molecule has 4 heteroatoms. The summed E-state index contributed by atoms with van der Waals surface area (Å²) in [6.07, 6.45) is 6.92. The molecule has 0 amide bonds. The van der Waals surface area contributed by atoms with Crippen molar-refractivity contribution < 1.29 is 0 Å². The van der Waals surface area contributed by atoms with Gasteiger partial charge in [-0.2, -0.15) is 5.10 Å². The zero-order valence-electron chi connectivity index (χ0n) is 12.4. The van der Waals surface area contributed by atoms with Crippen molar-refractivity contribution in [3.8, 4) is 0 Å². The molecule has 0 bridgehead atoms. The molecule has 0 spiro atoms. The van der Waals surface area contributed by atoms with Crippen LogP contribution in [0.3, 0.4) is 0 Å². The van der Waals surface area contributed by atoms with Crippen molar-refractivity contribution in [3.63, 3.8) is 0 Å². The van der Waals surface area contributed by atoms with E-state index in [0.717, 1.165) is 31.0 Å². The van der Waals surface area contributed by atoms with Gasteiger partial charge in [-0.3, -0.25) is 4.98 Å². The van der Waals surface area contributed by atoms with Gasteiger partial charge in [-0.25, -0.2) is 0 Å². The van der Waals surface area contributed by atoms with Gasteiger partial charge in [0.25, 0.3) is 0 Å². The Morgan fingerprint density at radius 1 is 0.864 bits per heavy atom. The smallest absolute Gasteiger partial charge is 0.159 e. The number of fused-ring (bicyclic) bond motifs is 1. The molecular weight excluding hydrogens is 272 g/mol. The van der Waals surface area contributed by atoms with Crippen molar-refractivity contribution in [1.82, 2.24) is 15.2 Å². The molecule has 110 valence electrons. The van der Waals surface area contributed by atoms with Gasteiger partial charge in [0.05, 0.1) is 5.69 Å². The van der Waals surface area contributed by atoms with Crippen molar-refractivity contribution in [3.05, 3.63) is 60.0 Å². The number of benzene rings is 1. The second kappa shape index (κ2) is 5.72. The van der Waals surface area contributed by atoms with E-state index in [-0.39, 0.29) is 0 Å². The highest BCUT2D eigenvalue weighted by Crippen LogP contribution is 2.28. The Morgan fingerprint density at radius 3 is 2.36 bits per heavy atom. The number of rotatable bonds is 3. The Hall–Kier alpha value is -2.49. The van der Waals surface area contributed by atoms with Gasteiger partial charge in [-0.15, -0.1) is 5.10 Å². The third-order valence-electron chi connectivity index (χ3n) is 4.27. The summed E-state index contributed by atoms with van der Waals surface area (Å²) in [7, 11) is 0. The molecular formula is C18H18N4. The van der Waals surface area contributed by atoms with Gasteiger partial charge in [-0.05, 0) is 30.5 Å². The summed E-state index contributed by atoms with van der Waals surface area (Å²) in [6, 6.07) is 12.5. The van der Waals surface area contributed by atoms with Crippen LogP contribution in [0, 0.1) is 0 Å². The van der Waals surface area contributed by atoms with E-state index in [0.29, 0.717) is 0 Å². The fourth-order valence-corrected chi connectivity index (χ4v) is 3.13. The van der Waals surface area contributed by atoms with E-state index in [4.69, 9.17) is 0 Å². The Bertz CT molecular complexity index is 779. The first-order valence-electron chi connectivity index (χ1n) is 7.80. The standard InChI is InChI=1S/C18H18N4/c1-2-6-16-15(5-1)17(13-14-7-9-19-10-8-14)20-21-18(16)22-11-3-4-12-22/h1-2,5-10H,3-4,11-13H2. The average molecular weight is 290 g/mol. The monoisotopic (exact) mass is 290 g/mol. The molecule has 0 unspecified atom stereocenters. The Kier molecular flexibility index (Phi) is 3.43. The lowest BCUT2D eigenvalue weighted by molar-refractivity contribution is 0.881. The van der Waals surface area contributed by atoms with Gasteiger partial charge in [0, 0.05) is 42.7 Å². The Labute approximate surface area is 129 Å². The highest BCUT2D eigenvalue weighted by atomic mass is 15.3. The van der Waals surface area contributed by atoms with E-state index in [1.165, 1.54) is 29.2 Å². The topological polar surface area (TPSA) is 41.9 Å². The number of aromatic nitrogens is 3. The van der Waals surface area contributed by atoms with Gasteiger partial charge in [0.15, 0.2) is 5.82 Å². The SMILES string of the molecule is c1ccc2c(N3CCCC3)nnc(Cc3ccncc3)c2c1. The molecule has 0 saturated carbocycles. The normalized spacial score (nSPS) is 14.6. The lowest BCUT2D eigenvalue weighted by atomic mass is 10.0. The maximum Gasteiger partial charge on any atom is 0.159 e. The minimum absolute atomic E-state index is 0.788. The minimum Gasteiger partial charge on any atom is -0.355 e. The van der Waals surface area contributed by atoms with Crippen molar-refractivity contribution >= 4 is 16.6 Å². The van der Waals surface area contributed by atoms with Gasteiger partial charge in [0.1, 0.15) is 0 Å². The zero-order chi connectivity index (χ0) is 14.8. The van der Waals surface area contributed by atoms with Gasteiger partial charge in [0.2, 0.25) is 0 Å². The van der Waals surface area contributed by atoms with Crippen LogP contribution < -0.4 is 4.90 Å². The van der Waals surface area contributed by atoms with Crippen LogP contribution >= 0.6 is 0 Å². The molecule has 0 radical (unpaired) electrons. The molecule has 1 saturated heterocycles. The highest BCUT2D eigenvalue weighted by molar-refractivity contribution is 5.93. The van der Waals surface area contributed by atoms with Crippen LogP contribution in [0.1, 0.15) is 24.1 Å². The molecule has 4 nitrogen and oxygen atoms in total. The second-order valence-electron chi connectivity index (χ2n) is 5.74. The van der Waals surface area contributed by atoms with Crippen molar-refractivity contribution in [2.75, 3.05) is 18.0 Å². The maximum atomic E-state index is 4.55. The number of anilines is 1. The number of hydrogen-bond donors (Lipinski definition) is 0. The van der Waals surface area contributed by atoms with Crippen LogP contribution in [0.5, 0.6) is 0 Å². The molecule has 0 N–H and O–H groups in total. The van der Waals surface area contributed by atoms with Crippen LogP contribution in [0.2, 0.25) is 0 Å².